The van der Waals surface area contributed by atoms with Crippen LogP contribution in [0.4, 0.5) is 0 Å². The second-order valence-electron chi connectivity index (χ2n) is 6.64. The van der Waals surface area contributed by atoms with Crippen LogP contribution in [0.15, 0.2) is 29.2 Å². The number of benzene rings is 1. The number of hydrogen-bond acceptors (Lipinski definition) is 6. The summed E-state index contributed by atoms with van der Waals surface area (Å²) < 4.78 is 30.2. The molecule has 27 heavy (non-hydrogen) atoms. The molecule has 1 N–H and O–H groups in total. The van der Waals surface area contributed by atoms with Gasteiger partial charge in [-0.25, -0.2) is 13.2 Å². The third-order valence-corrected chi connectivity index (χ3v) is 6.43. The summed E-state index contributed by atoms with van der Waals surface area (Å²) in [5, 5.41) is 2.90. The monoisotopic (exact) mass is 398 g/mol. The summed E-state index contributed by atoms with van der Waals surface area (Å²) in [5.74, 6) is -0.720. The molecular formula is C18H26N2O6S. The number of carbonyl (C=O) groups excluding carboxylic acids is 2. The zero-order valence-electron chi connectivity index (χ0n) is 15.8. The molecule has 1 amide bonds. The molecule has 0 aromatic heterocycles. The van der Waals surface area contributed by atoms with Crippen LogP contribution in [-0.2, 0) is 24.4 Å². The lowest BCUT2D eigenvalue weighted by molar-refractivity contribution is -0.125. The van der Waals surface area contributed by atoms with Crippen molar-refractivity contribution in [2.75, 3.05) is 20.8 Å². The molecule has 0 radical (unpaired) electrons. The van der Waals surface area contributed by atoms with Crippen molar-refractivity contribution in [1.82, 2.24) is 9.79 Å². The Labute approximate surface area is 159 Å². The SMILES string of the molecule is CON(C)S(=O)(=O)c1cccc(C(=O)OCC(=O)N[C@H]2CCCC[C@H]2C)c1. The number of amides is 1. The lowest BCUT2D eigenvalue weighted by Gasteiger charge is -2.29. The van der Waals surface area contributed by atoms with Crippen LogP contribution in [0.5, 0.6) is 0 Å². The van der Waals surface area contributed by atoms with Crippen LogP contribution in [-0.4, -0.2) is 51.6 Å². The molecule has 0 spiro atoms. The number of hydroxylamine groups is 1. The fourth-order valence-electron chi connectivity index (χ4n) is 3.02. The van der Waals surface area contributed by atoms with Crippen molar-refractivity contribution in [3.63, 3.8) is 0 Å². The van der Waals surface area contributed by atoms with Gasteiger partial charge in [-0.1, -0.05) is 30.3 Å². The summed E-state index contributed by atoms with van der Waals surface area (Å²) in [6, 6.07) is 5.49. The second kappa shape index (κ2) is 9.29. The molecule has 0 heterocycles. The highest BCUT2D eigenvalue weighted by Gasteiger charge is 2.24. The molecule has 0 saturated heterocycles. The van der Waals surface area contributed by atoms with E-state index in [-0.39, 0.29) is 22.4 Å². The molecular weight excluding hydrogens is 372 g/mol. The first-order valence-corrected chi connectivity index (χ1v) is 10.3. The quantitative estimate of drug-likeness (QED) is 0.554. The van der Waals surface area contributed by atoms with E-state index in [2.05, 4.69) is 12.2 Å². The van der Waals surface area contributed by atoms with Gasteiger partial charge in [0.15, 0.2) is 6.61 Å². The Morgan fingerprint density at radius 2 is 1.96 bits per heavy atom. The maximum absolute atomic E-state index is 12.2. The van der Waals surface area contributed by atoms with E-state index in [9.17, 15) is 18.0 Å². The van der Waals surface area contributed by atoms with Crippen molar-refractivity contribution < 1.29 is 27.6 Å². The Kier molecular flexibility index (Phi) is 7.34. The molecule has 1 aliphatic rings. The molecule has 0 bridgehead atoms. The molecule has 1 fully saturated rings. The number of ether oxygens (including phenoxy) is 1. The number of esters is 1. The third-order valence-electron chi connectivity index (χ3n) is 4.76. The van der Waals surface area contributed by atoms with Gasteiger partial charge in [-0.2, -0.15) is 0 Å². The van der Waals surface area contributed by atoms with Gasteiger partial charge in [0.2, 0.25) is 0 Å². The smallest absolute Gasteiger partial charge is 0.338 e. The van der Waals surface area contributed by atoms with Gasteiger partial charge >= 0.3 is 5.97 Å². The van der Waals surface area contributed by atoms with Gasteiger partial charge in [-0.05, 0) is 37.0 Å². The number of nitrogens with one attached hydrogen (secondary N) is 1. The van der Waals surface area contributed by atoms with Crippen molar-refractivity contribution in [2.24, 2.45) is 5.92 Å². The highest BCUT2D eigenvalue weighted by Crippen LogP contribution is 2.23. The van der Waals surface area contributed by atoms with Crippen LogP contribution in [0, 0.1) is 5.92 Å². The van der Waals surface area contributed by atoms with Gasteiger partial charge in [-0.3, -0.25) is 9.63 Å². The second-order valence-corrected chi connectivity index (χ2v) is 8.57. The average Bonchev–Trinajstić information content (AvgIpc) is 2.67. The minimum absolute atomic E-state index is 0.0411. The number of nitrogens with zero attached hydrogens (tertiary/aromatic N) is 1. The van der Waals surface area contributed by atoms with E-state index in [1.165, 1.54) is 44.8 Å². The molecule has 1 aliphatic carbocycles. The van der Waals surface area contributed by atoms with E-state index in [4.69, 9.17) is 9.57 Å². The normalized spacial score (nSPS) is 20.3. The highest BCUT2D eigenvalue weighted by atomic mass is 32.2. The lowest BCUT2D eigenvalue weighted by Crippen LogP contribution is -2.42. The molecule has 1 aromatic rings. The van der Waals surface area contributed by atoms with Gasteiger partial charge in [0, 0.05) is 13.1 Å². The number of sulfonamides is 1. The Bertz CT molecular complexity index is 780. The first kappa shape index (κ1) is 21.3. The fourth-order valence-corrected chi connectivity index (χ4v) is 4.04. The third kappa shape index (κ3) is 5.50. The van der Waals surface area contributed by atoms with Gasteiger partial charge in [0.1, 0.15) is 0 Å². The number of rotatable bonds is 7. The Morgan fingerprint density at radius 3 is 2.63 bits per heavy atom. The first-order valence-electron chi connectivity index (χ1n) is 8.85. The van der Waals surface area contributed by atoms with E-state index in [1.54, 1.807) is 0 Å². The lowest BCUT2D eigenvalue weighted by atomic mass is 9.86. The summed E-state index contributed by atoms with van der Waals surface area (Å²) in [5.41, 5.74) is 0.0411. The topological polar surface area (TPSA) is 102 Å². The Balaban J connectivity index is 1.96. The van der Waals surface area contributed by atoms with Crippen LogP contribution in [0.2, 0.25) is 0 Å². The van der Waals surface area contributed by atoms with Gasteiger partial charge in [0.25, 0.3) is 15.9 Å². The fraction of sp³-hybridized carbons (Fsp3) is 0.556. The van der Waals surface area contributed by atoms with Gasteiger partial charge in [0.05, 0.1) is 17.6 Å². The van der Waals surface area contributed by atoms with E-state index in [1.807, 2.05) is 0 Å². The number of carbonyl (C=O) groups is 2. The van der Waals surface area contributed by atoms with E-state index in [0.717, 1.165) is 19.3 Å². The van der Waals surface area contributed by atoms with Crippen LogP contribution in [0.3, 0.4) is 0 Å². The maximum atomic E-state index is 12.2. The summed E-state index contributed by atoms with van der Waals surface area (Å²) in [4.78, 5) is 28.8. The van der Waals surface area contributed by atoms with E-state index in [0.29, 0.717) is 10.4 Å². The van der Waals surface area contributed by atoms with Crippen molar-refractivity contribution in [3.8, 4) is 0 Å². The molecule has 0 aliphatic heterocycles. The average molecular weight is 398 g/mol. The summed E-state index contributed by atoms with van der Waals surface area (Å²) in [6.07, 6.45) is 4.24. The number of hydrogen-bond donors (Lipinski definition) is 1. The first-order chi connectivity index (χ1) is 12.8. The van der Waals surface area contributed by atoms with Gasteiger partial charge < -0.3 is 10.1 Å². The standard InChI is InChI=1S/C18H26N2O6S/c1-13-7-4-5-10-16(13)19-17(21)12-26-18(22)14-8-6-9-15(11-14)27(23,24)20(2)25-3/h6,8-9,11,13,16H,4-5,7,10,12H2,1-3H3,(H,19,21)/t13-,16+/m1/s1. The Hall–Kier alpha value is -1.97. The molecule has 1 aromatic carbocycles. The van der Waals surface area contributed by atoms with Crippen molar-refractivity contribution in [1.29, 1.82) is 0 Å². The van der Waals surface area contributed by atoms with Crippen molar-refractivity contribution in [2.45, 2.75) is 43.5 Å². The van der Waals surface area contributed by atoms with E-state index < -0.39 is 22.6 Å². The largest absolute Gasteiger partial charge is 0.452 e. The van der Waals surface area contributed by atoms with Crippen LogP contribution in [0.25, 0.3) is 0 Å². The minimum Gasteiger partial charge on any atom is -0.452 e. The molecule has 0 unspecified atom stereocenters. The predicted octanol–water partition coefficient (Wildman–Crippen LogP) is 1.72. The molecule has 150 valence electrons. The summed E-state index contributed by atoms with van der Waals surface area (Å²) >= 11 is 0. The van der Waals surface area contributed by atoms with Gasteiger partial charge in [-0.15, -0.1) is 0 Å². The molecule has 9 heteroatoms. The molecule has 8 nitrogen and oxygen atoms in total. The zero-order valence-corrected chi connectivity index (χ0v) is 16.6. The Morgan fingerprint density at radius 1 is 1.26 bits per heavy atom. The summed E-state index contributed by atoms with van der Waals surface area (Å²) in [6.45, 7) is 1.69. The van der Waals surface area contributed by atoms with Crippen molar-refractivity contribution in [3.05, 3.63) is 29.8 Å². The molecule has 1 saturated carbocycles. The van der Waals surface area contributed by atoms with Crippen molar-refractivity contribution >= 4 is 21.9 Å². The van der Waals surface area contributed by atoms with Crippen LogP contribution < -0.4 is 5.32 Å². The predicted molar refractivity (Wildman–Crippen MR) is 98.2 cm³/mol. The van der Waals surface area contributed by atoms with Crippen LogP contribution in [0.1, 0.15) is 43.0 Å². The molecule has 2 rings (SSSR count). The molecule has 2 atom stereocenters. The maximum Gasteiger partial charge on any atom is 0.338 e. The minimum atomic E-state index is -3.88. The van der Waals surface area contributed by atoms with E-state index >= 15 is 0 Å². The van der Waals surface area contributed by atoms with Crippen LogP contribution >= 0.6 is 0 Å². The summed E-state index contributed by atoms with van der Waals surface area (Å²) in [7, 11) is -1.41. The zero-order chi connectivity index (χ0) is 20.0. The highest BCUT2D eigenvalue weighted by molar-refractivity contribution is 7.89.